The van der Waals surface area contributed by atoms with Gasteiger partial charge in [0, 0.05) is 12.6 Å². The van der Waals surface area contributed by atoms with Crippen molar-refractivity contribution in [1.82, 2.24) is 15.1 Å². The number of aromatic nitrogens is 2. The zero-order valence-electron chi connectivity index (χ0n) is 12.3. The summed E-state index contributed by atoms with van der Waals surface area (Å²) in [4.78, 5) is 12.5. The van der Waals surface area contributed by atoms with Gasteiger partial charge < -0.3 is 11.1 Å². The topological polar surface area (TPSA) is 72.9 Å². The summed E-state index contributed by atoms with van der Waals surface area (Å²) in [6.45, 7) is 8.85. The monoisotopic (exact) mass is 264 g/mol. The third-order valence-electron chi connectivity index (χ3n) is 4.25. The van der Waals surface area contributed by atoms with Crippen molar-refractivity contribution in [2.45, 2.75) is 59.5 Å². The second-order valence-corrected chi connectivity index (χ2v) is 6.07. The number of aryl methyl sites for hydroxylation is 2. The van der Waals surface area contributed by atoms with E-state index in [9.17, 15) is 4.79 Å². The molecule has 106 valence electrons. The predicted octanol–water partition coefficient (Wildman–Crippen LogP) is 2.10. The van der Waals surface area contributed by atoms with Gasteiger partial charge in [0.15, 0.2) is 0 Å². The average molecular weight is 264 g/mol. The molecule has 1 aromatic rings. The predicted molar refractivity (Wildman–Crippen MR) is 75.9 cm³/mol. The van der Waals surface area contributed by atoms with Crippen LogP contribution in [0.3, 0.4) is 0 Å². The number of rotatable bonds is 3. The number of nitrogens with one attached hydrogen (secondary N) is 1. The molecule has 0 bridgehead atoms. The van der Waals surface area contributed by atoms with Gasteiger partial charge >= 0.3 is 0 Å². The van der Waals surface area contributed by atoms with Gasteiger partial charge in [0.05, 0.1) is 11.4 Å². The molecule has 1 amide bonds. The van der Waals surface area contributed by atoms with Gasteiger partial charge in [0.2, 0.25) is 0 Å². The van der Waals surface area contributed by atoms with Crippen molar-refractivity contribution in [2.75, 3.05) is 5.73 Å². The van der Waals surface area contributed by atoms with Gasteiger partial charge in [-0.1, -0.05) is 20.3 Å². The van der Waals surface area contributed by atoms with E-state index in [1.54, 1.807) is 4.68 Å². The first kappa shape index (κ1) is 13.9. The minimum absolute atomic E-state index is 0.0973. The summed E-state index contributed by atoms with van der Waals surface area (Å²) in [7, 11) is 0. The second-order valence-electron chi connectivity index (χ2n) is 6.07. The van der Waals surface area contributed by atoms with Crippen molar-refractivity contribution >= 4 is 11.6 Å². The standard InChI is InChI=1S/C14H24N4O/c1-5-18-12(11(15)9(2)17-18)13(19)16-10-7-6-8-14(10,3)4/h10H,5-8,15H2,1-4H3,(H,16,19). The molecular formula is C14H24N4O. The maximum atomic E-state index is 12.5. The quantitative estimate of drug-likeness (QED) is 0.878. The summed E-state index contributed by atoms with van der Waals surface area (Å²) in [6.07, 6.45) is 3.36. The van der Waals surface area contributed by atoms with E-state index in [1.165, 1.54) is 6.42 Å². The lowest BCUT2D eigenvalue weighted by molar-refractivity contribution is 0.0900. The molecule has 0 saturated heterocycles. The molecule has 1 atom stereocenters. The zero-order valence-corrected chi connectivity index (χ0v) is 12.3. The first-order valence-corrected chi connectivity index (χ1v) is 7.00. The van der Waals surface area contributed by atoms with Crippen LogP contribution >= 0.6 is 0 Å². The highest BCUT2D eigenvalue weighted by molar-refractivity contribution is 5.98. The van der Waals surface area contributed by atoms with Crippen LogP contribution in [0, 0.1) is 12.3 Å². The lowest BCUT2D eigenvalue weighted by Crippen LogP contribution is -2.42. The van der Waals surface area contributed by atoms with E-state index in [0.29, 0.717) is 17.9 Å². The highest BCUT2D eigenvalue weighted by Gasteiger charge is 2.36. The normalized spacial score (nSPS) is 21.6. The Kier molecular flexibility index (Phi) is 3.56. The third-order valence-corrected chi connectivity index (χ3v) is 4.25. The van der Waals surface area contributed by atoms with E-state index >= 15 is 0 Å². The SMILES string of the molecule is CCn1nc(C)c(N)c1C(=O)NC1CCCC1(C)C. The first-order valence-electron chi connectivity index (χ1n) is 7.00. The van der Waals surface area contributed by atoms with Crippen LogP contribution < -0.4 is 11.1 Å². The van der Waals surface area contributed by atoms with Crippen molar-refractivity contribution < 1.29 is 4.79 Å². The molecule has 1 aliphatic rings. The zero-order chi connectivity index (χ0) is 14.2. The summed E-state index contributed by atoms with van der Waals surface area (Å²) < 4.78 is 1.68. The number of anilines is 1. The molecule has 1 aliphatic carbocycles. The van der Waals surface area contributed by atoms with Gasteiger partial charge in [-0.2, -0.15) is 5.10 Å². The summed E-state index contributed by atoms with van der Waals surface area (Å²) in [5, 5.41) is 7.43. The van der Waals surface area contributed by atoms with Gasteiger partial charge in [0.25, 0.3) is 5.91 Å². The number of carbonyl (C=O) groups is 1. The molecule has 19 heavy (non-hydrogen) atoms. The molecule has 0 spiro atoms. The molecule has 1 heterocycles. The van der Waals surface area contributed by atoms with Crippen molar-refractivity contribution in [3.05, 3.63) is 11.4 Å². The van der Waals surface area contributed by atoms with Gasteiger partial charge in [-0.15, -0.1) is 0 Å². The second kappa shape index (κ2) is 4.87. The number of nitrogens with zero attached hydrogens (tertiary/aromatic N) is 2. The summed E-state index contributed by atoms with van der Waals surface area (Å²) >= 11 is 0. The molecular weight excluding hydrogens is 240 g/mol. The summed E-state index contributed by atoms with van der Waals surface area (Å²) in [5.41, 5.74) is 7.86. The van der Waals surface area contributed by atoms with Crippen molar-refractivity contribution in [3.63, 3.8) is 0 Å². The summed E-state index contributed by atoms with van der Waals surface area (Å²) in [6, 6.07) is 0.222. The largest absolute Gasteiger partial charge is 0.395 e. The van der Waals surface area contributed by atoms with E-state index in [4.69, 9.17) is 5.73 Å². The van der Waals surface area contributed by atoms with E-state index in [0.717, 1.165) is 18.5 Å². The maximum absolute atomic E-state index is 12.5. The molecule has 0 aliphatic heterocycles. The van der Waals surface area contributed by atoms with Gasteiger partial charge in [-0.25, -0.2) is 0 Å². The van der Waals surface area contributed by atoms with Crippen molar-refractivity contribution in [1.29, 1.82) is 0 Å². The first-order chi connectivity index (χ1) is 8.86. The molecule has 3 N–H and O–H groups in total. The molecule has 1 saturated carbocycles. The molecule has 0 aromatic carbocycles. The van der Waals surface area contributed by atoms with Crippen LogP contribution in [0.1, 0.15) is 56.2 Å². The lowest BCUT2D eigenvalue weighted by Gasteiger charge is -2.27. The van der Waals surface area contributed by atoms with E-state index < -0.39 is 0 Å². The Balaban J connectivity index is 2.21. The Morgan fingerprint density at radius 3 is 2.79 bits per heavy atom. The Labute approximate surface area is 114 Å². The lowest BCUT2D eigenvalue weighted by atomic mass is 9.87. The van der Waals surface area contributed by atoms with Crippen molar-refractivity contribution in [2.24, 2.45) is 5.41 Å². The molecule has 1 fully saturated rings. The molecule has 2 rings (SSSR count). The van der Waals surface area contributed by atoms with Crippen LogP contribution in [0.4, 0.5) is 5.69 Å². The minimum atomic E-state index is -0.0973. The van der Waals surface area contributed by atoms with Crippen LogP contribution in [-0.2, 0) is 6.54 Å². The molecule has 5 nitrogen and oxygen atoms in total. The van der Waals surface area contributed by atoms with E-state index in [2.05, 4.69) is 24.3 Å². The number of carbonyl (C=O) groups excluding carboxylic acids is 1. The van der Waals surface area contributed by atoms with Gasteiger partial charge in [-0.05, 0) is 32.1 Å². The van der Waals surface area contributed by atoms with E-state index in [-0.39, 0.29) is 17.4 Å². The molecule has 5 heteroatoms. The number of nitrogen functional groups attached to an aromatic ring is 1. The summed E-state index contributed by atoms with van der Waals surface area (Å²) in [5.74, 6) is -0.0973. The number of nitrogens with two attached hydrogens (primary N) is 1. The van der Waals surface area contributed by atoms with Crippen molar-refractivity contribution in [3.8, 4) is 0 Å². The van der Waals surface area contributed by atoms with Gasteiger partial charge in [-0.3, -0.25) is 9.48 Å². The molecule has 1 aromatic heterocycles. The average Bonchev–Trinajstić information content (AvgIpc) is 2.81. The highest BCUT2D eigenvalue weighted by Crippen LogP contribution is 2.37. The minimum Gasteiger partial charge on any atom is -0.395 e. The Morgan fingerprint density at radius 2 is 2.26 bits per heavy atom. The fourth-order valence-corrected chi connectivity index (χ4v) is 2.88. The van der Waals surface area contributed by atoms with Crippen LogP contribution in [0.5, 0.6) is 0 Å². The van der Waals surface area contributed by atoms with E-state index in [1.807, 2.05) is 13.8 Å². The maximum Gasteiger partial charge on any atom is 0.271 e. The Bertz CT molecular complexity index is 490. The van der Waals surface area contributed by atoms with Crippen LogP contribution in [0.25, 0.3) is 0 Å². The van der Waals surface area contributed by atoms with Gasteiger partial charge in [0.1, 0.15) is 5.69 Å². The number of amides is 1. The fraction of sp³-hybridized carbons (Fsp3) is 0.714. The van der Waals surface area contributed by atoms with Crippen LogP contribution in [0.2, 0.25) is 0 Å². The molecule has 1 unspecified atom stereocenters. The number of hydrogen-bond donors (Lipinski definition) is 2. The smallest absolute Gasteiger partial charge is 0.271 e. The fourth-order valence-electron chi connectivity index (χ4n) is 2.88. The third kappa shape index (κ3) is 2.46. The highest BCUT2D eigenvalue weighted by atomic mass is 16.2. The number of hydrogen-bond acceptors (Lipinski definition) is 3. The van der Waals surface area contributed by atoms with Crippen LogP contribution in [-0.4, -0.2) is 21.7 Å². The Morgan fingerprint density at radius 1 is 1.58 bits per heavy atom. The molecule has 0 radical (unpaired) electrons. The Hall–Kier alpha value is -1.52. The van der Waals surface area contributed by atoms with Crippen LogP contribution in [0.15, 0.2) is 0 Å².